The van der Waals surface area contributed by atoms with Crippen molar-refractivity contribution in [3.8, 4) is 5.75 Å². The predicted molar refractivity (Wildman–Crippen MR) is 102 cm³/mol. The van der Waals surface area contributed by atoms with Gasteiger partial charge in [0.25, 0.3) is 0 Å². The first kappa shape index (κ1) is 19.3. The molecule has 4 nitrogen and oxygen atoms in total. The summed E-state index contributed by atoms with van der Waals surface area (Å²) >= 11 is 0. The maximum absolute atomic E-state index is 12.6. The number of hydrogen-bond donors (Lipinski definition) is 1. The fraction of sp³-hybridized carbons (Fsp3) is 0.350. The van der Waals surface area contributed by atoms with Crippen LogP contribution in [0.15, 0.2) is 60.7 Å². The molecule has 0 aromatic heterocycles. The van der Waals surface area contributed by atoms with Crippen LogP contribution < -0.4 is 10.5 Å². The van der Waals surface area contributed by atoms with E-state index >= 15 is 0 Å². The molecule has 2 aromatic carbocycles. The summed E-state index contributed by atoms with van der Waals surface area (Å²) in [4.78, 5) is 14.4. The minimum atomic E-state index is -0.566. The average molecular weight is 361 g/mol. The van der Waals surface area contributed by atoms with Crippen LogP contribution >= 0.6 is 12.4 Å². The fourth-order valence-electron chi connectivity index (χ4n) is 3.05. The lowest BCUT2D eigenvalue weighted by Gasteiger charge is -2.33. The zero-order chi connectivity index (χ0) is 16.8. The maximum atomic E-state index is 12.6. The Bertz CT molecular complexity index is 643. The number of para-hydroxylation sites is 1. The standard InChI is InChI=1S/C20H24N2O2.ClH/c21-19(17-7-3-1-4-8-17)20(23)22-13-11-16(12-14-22)15-24-18-9-5-2-6-10-18;/h1-10,16,19H,11-15,21H2;1H. The highest BCUT2D eigenvalue weighted by Gasteiger charge is 2.27. The van der Waals surface area contributed by atoms with E-state index in [-0.39, 0.29) is 18.3 Å². The molecule has 1 saturated heterocycles. The van der Waals surface area contributed by atoms with Crippen molar-refractivity contribution >= 4 is 18.3 Å². The van der Waals surface area contributed by atoms with Crippen LogP contribution in [0.4, 0.5) is 0 Å². The van der Waals surface area contributed by atoms with Gasteiger partial charge in [0.05, 0.1) is 6.61 Å². The number of carbonyl (C=O) groups is 1. The van der Waals surface area contributed by atoms with Crippen molar-refractivity contribution in [1.29, 1.82) is 0 Å². The second-order valence-electron chi connectivity index (χ2n) is 6.28. The lowest BCUT2D eigenvalue weighted by atomic mass is 9.96. The van der Waals surface area contributed by atoms with Crippen LogP contribution in [-0.4, -0.2) is 30.5 Å². The molecule has 1 aliphatic heterocycles. The van der Waals surface area contributed by atoms with Crippen LogP contribution in [0.5, 0.6) is 5.75 Å². The first-order valence-corrected chi connectivity index (χ1v) is 8.51. The number of nitrogens with two attached hydrogens (primary N) is 1. The molecule has 0 saturated carbocycles. The van der Waals surface area contributed by atoms with E-state index in [1.165, 1.54) is 0 Å². The quantitative estimate of drug-likeness (QED) is 0.888. The SMILES string of the molecule is Cl.NC(C(=O)N1CCC(COc2ccccc2)CC1)c1ccccc1. The normalized spacial score (nSPS) is 16.0. The molecule has 2 aromatic rings. The molecule has 1 atom stereocenters. The van der Waals surface area contributed by atoms with Crippen LogP contribution in [-0.2, 0) is 4.79 Å². The van der Waals surface area contributed by atoms with Crippen LogP contribution in [0.2, 0.25) is 0 Å². The molecule has 134 valence electrons. The number of amides is 1. The number of carbonyl (C=O) groups excluding carboxylic acids is 1. The van der Waals surface area contributed by atoms with Crippen LogP contribution in [0.25, 0.3) is 0 Å². The highest BCUT2D eigenvalue weighted by molar-refractivity contribution is 5.85. The Morgan fingerprint density at radius 2 is 1.60 bits per heavy atom. The van der Waals surface area contributed by atoms with Crippen molar-refractivity contribution in [2.45, 2.75) is 18.9 Å². The largest absolute Gasteiger partial charge is 0.493 e. The molecule has 2 N–H and O–H groups in total. The van der Waals surface area contributed by atoms with E-state index in [0.717, 1.165) is 37.2 Å². The Kier molecular flexibility index (Phi) is 7.29. The third-order valence-electron chi connectivity index (χ3n) is 4.58. The molecule has 0 radical (unpaired) electrons. The Balaban J connectivity index is 0.00000225. The number of rotatable bonds is 5. The topological polar surface area (TPSA) is 55.6 Å². The Hall–Kier alpha value is -2.04. The number of hydrogen-bond acceptors (Lipinski definition) is 3. The van der Waals surface area contributed by atoms with Crippen LogP contribution in [0.1, 0.15) is 24.4 Å². The van der Waals surface area contributed by atoms with Crippen molar-refractivity contribution in [2.75, 3.05) is 19.7 Å². The van der Waals surface area contributed by atoms with Crippen molar-refractivity contribution < 1.29 is 9.53 Å². The first-order chi connectivity index (χ1) is 11.7. The smallest absolute Gasteiger partial charge is 0.244 e. The lowest BCUT2D eigenvalue weighted by molar-refractivity contribution is -0.134. The van der Waals surface area contributed by atoms with E-state index in [9.17, 15) is 4.79 Å². The molecule has 5 heteroatoms. The van der Waals surface area contributed by atoms with Crippen molar-refractivity contribution in [1.82, 2.24) is 4.90 Å². The first-order valence-electron chi connectivity index (χ1n) is 8.51. The third kappa shape index (κ3) is 5.21. The van der Waals surface area contributed by atoms with E-state index in [4.69, 9.17) is 10.5 Å². The summed E-state index contributed by atoms with van der Waals surface area (Å²) in [6, 6.07) is 18.9. The van der Waals surface area contributed by atoms with Crippen molar-refractivity contribution in [2.24, 2.45) is 11.7 Å². The number of likely N-dealkylation sites (tertiary alicyclic amines) is 1. The van der Waals surface area contributed by atoms with Gasteiger partial charge in [0.1, 0.15) is 11.8 Å². The summed E-state index contributed by atoms with van der Waals surface area (Å²) in [6.07, 6.45) is 1.92. The Morgan fingerprint density at radius 1 is 1.04 bits per heavy atom. The zero-order valence-electron chi connectivity index (χ0n) is 14.2. The molecule has 1 fully saturated rings. The summed E-state index contributed by atoms with van der Waals surface area (Å²) in [5, 5.41) is 0. The molecule has 3 rings (SSSR count). The van der Waals surface area contributed by atoms with Gasteiger partial charge in [-0.05, 0) is 36.5 Å². The predicted octanol–water partition coefficient (Wildman–Crippen LogP) is 3.43. The number of piperidine rings is 1. The fourth-order valence-corrected chi connectivity index (χ4v) is 3.05. The van der Waals surface area contributed by atoms with E-state index in [1.807, 2.05) is 65.6 Å². The van der Waals surface area contributed by atoms with E-state index in [2.05, 4.69) is 0 Å². The zero-order valence-corrected chi connectivity index (χ0v) is 15.0. The molecular weight excluding hydrogens is 336 g/mol. The van der Waals surface area contributed by atoms with Crippen LogP contribution in [0, 0.1) is 5.92 Å². The van der Waals surface area contributed by atoms with E-state index < -0.39 is 6.04 Å². The Morgan fingerprint density at radius 3 is 2.20 bits per heavy atom. The molecule has 0 bridgehead atoms. The third-order valence-corrected chi connectivity index (χ3v) is 4.58. The summed E-state index contributed by atoms with van der Waals surface area (Å²) in [5.74, 6) is 1.41. The molecular formula is C20H25ClN2O2. The van der Waals surface area contributed by atoms with E-state index in [1.54, 1.807) is 0 Å². The van der Waals surface area contributed by atoms with Crippen LogP contribution in [0.3, 0.4) is 0 Å². The molecule has 1 aliphatic rings. The second kappa shape index (κ2) is 9.44. The van der Waals surface area contributed by atoms with Gasteiger partial charge in [-0.15, -0.1) is 12.4 Å². The molecule has 1 heterocycles. The average Bonchev–Trinajstić information content (AvgIpc) is 2.67. The lowest BCUT2D eigenvalue weighted by Crippen LogP contribution is -2.44. The van der Waals surface area contributed by atoms with Gasteiger partial charge in [-0.3, -0.25) is 4.79 Å². The Labute approximate surface area is 155 Å². The molecule has 1 amide bonds. The monoisotopic (exact) mass is 360 g/mol. The molecule has 0 spiro atoms. The summed E-state index contributed by atoms with van der Waals surface area (Å²) in [5.41, 5.74) is 7.00. The van der Waals surface area contributed by atoms with Gasteiger partial charge in [-0.25, -0.2) is 0 Å². The highest BCUT2D eigenvalue weighted by Crippen LogP contribution is 2.22. The summed E-state index contributed by atoms with van der Waals surface area (Å²) in [7, 11) is 0. The number of ether oxygens (including phenoxy) is 1. The highest BCUT2D eigenvalue weighted by atomic mass is 35.5. The van der Waals surface area contributed by atoms with E-state index in [0.29, 0.717) is 12.5 Å². The number of benzene rings is 2. The van der Waals surface area contributed by atoms with Gasteiger partial charge >= 0.3 is 0 Å². The second-order valence-corrected chi connectivity index (χ2v) is 6.28. The molecule has 0 aliphatic carbocycles. The van der Waals surface area contributed by atoms with Gasteiger partial charge in [-0.2, -0.15) is 0 Å². The summed E-state index contributed by atoms with van der Waals surface area (Å²) in [6.45, 7) is 2.21. The van der Waals surface area contributed by atoms with Gasteiger partial charge in [0.2, 0.25) is 5.91 Å². The minimum Gasteiger partial charge on any atom is -0.493 e. The van der Waals surface area contributed by atoms with Gasteiger partial charge in [-0.1, -0.05) is 48.5 Å². The van der Waals surface area contributed by atoms with Gasteiger partial charge in [0.15, 0.2) is 0 Å². The van der Waals surface area contributed by atoms with Gasteiger partial charge in [0, 0.05) is 13.1 Å². The summed E-state index contributed by atoms with van der Waals surface area (Å²) < 4.78 is 5.83. The van der Waals surface area contributed by atoms with Crippen molar-refractivity contribution in [3.05, 3.63) is 66.2 Å². The number of halogens is 1. The van der Waals surface area contributed by atoms with Gasteiger partial charge < -0.3 is 15.4 Å². The minimum absolute atomic E-state index is 0. The molecule has 25 heavy (non-hydrogen) atoms. The number of nitrogens with zero attached hydrogens (tertiary/aromatic N) is 1. The van der Waals surface area contributed by atoms with Crippen molar-refractivity contribution in [3.63, 3.8) is 0 Å². The molecule has 1 unspecified atom stereocenters. The maximum Gasteiger partial charge on any atom is 0.244 e.